The lowest BCUT2D eigenvalue weighted by atomic mass is 10.1. The van der Waals surface area contributed by atoms with Crippen molar-refractivity contribution in [3.05, 3.63) is 35.6 Å². The van der Waals surface area contributed by atoms with E-state index < -0.39 is 17.7 Å². The van der Waals surface area contributed by atoms with Crippen molar-refractivity contribution >= 4 is 17.5 Å². The number of nitrogens with two attached hydrogens (primary N) is 1. The van der Waals surface area contributed by atoms with Crippen molar-refractivity contribution in [2.45, 2.75) is 13.0 Å². The summed E-state index contributed by atoms with van der Waals surface area (Å²) < 4.78 is 12.7. The fourth-order valence-electron chi connectivity index (χ4n) is 1.20. The second-order valence-electron chi connectivity index (χ2n) is 3.42. The molecule has 1 unspecified atom stereocenters. The number of carboxylic acid groups (broad SMARTS) is 1. The third kappa shape index (κ3) is 3.37. The molecule has 4 N–H and O–H groups in total. The van der Waals surface area contributed by atoms with Gasteiger partial charge in [-0.25, -0.2) is 9.18 Å². The van der Waals surface area contributed by atoms with Crippen LogP contribution in [0.5, 0.6) is 0 Å². The van der Waals surface area contributed by atoms with Gasteiger partial charge in [0.2, 0.25) is 0 Å². The third-order valence-electron chi connectivity index (χ3n) is 2.16. The minimum atomic E-state index is -1.43. The van der Waals surface area contributed by atoms with Crippen molar-refractivity contribution in [3.63, 3.8) is 0 Å². The maximum absolute atomic E-state index is 12.7. The Morgan fingerprint density at radius 3 is 2.47 bits per heavy atom. The van der Waals surface area contributed by atoms with E-state index in [0.717, 1.165) is 0 Å². The van der Waals surface area contributed by atoms with Gasteiger partial charge in [-0.15, -0.1) is 0 Å². The SMILES string of the molecule is CC(/N=C(/N)C(=N)C(=O)O)c1ccc(F)cc1. The van der Waals surface area contributed by atoms with E-state index >= 15 is 0 Å². The summed E-state index contributed by atoms with van der Waals surface area (Å²) in [5.74, 6) is -2.15. The molecular weight excluding hydrogens is 225 g/mol. The number of carbonyl (C=O) groups is 1. The van der Waals surface area contributed by atoms with Crippen LogP contribution in [-0.4, -0.2) is 22.6 Å². The van der Waals surface area contributed by atoms with Crippen LogP contribution in [0, 0.1) is 11.2 Å². The molecule has 1 aromatic rings. The highest BCUT2D eigenvalue weighted by Crippen LogP contribution is 2.16. The number of hydrogen-bond donors (Lipinski definition) is 3. The lowest BCUT2D eigenvalue weighted by Gasteiger charge is -2.08. The molecule has 0 aliphatic rings. The minimum Gasteiger partial charge on any atom is -0.476 e. The van der Waals surface area contributed by atoms with E-state index in [1.54, 1.807) is 6.92 Å². The summed E-state index contributed by atoms with van der Waals surface area (Å²) in [6.45, 7) is 1.68. The van der Waals surface area contributed by atoms with Crippen LogP contribution in [0.2, 0.25) is 0 Å². The average Bonchev–Trinajstić information content (AvgIpc) is 2.28. The summed E-state index contributed by atoms with van der Waals surface area (Å²) in [6.07, 6.45) is 0. The Kier molecular flexibility index (Phi) is 3.92. The van der Waals surface area contributed by atoms with Gasteiger partial charge in [0.1, 0.15) is 5.82 Å². The van der Waals surface area contributed by atoms with Gasteiger partial charge >= 0.3 is 5.97 Å². The Balaban J connectivity index is 2.88. The number of carboxylic acids is 1. The van der Waals surface area contributed by atoms with Crippen molar-refractivity contribution in [1.82, 2.24) is 0 Å². The summed E-state index contributed by atoms with van der Waals surface area (Å²) in [6, 6.07) is 5.18. The number of hydrogen-bond acceptors (Lipinski definition) is 3. The van der Waals surface area contributed by atoms with Crippen LogP contribution >= 0.6 is 0 Å². The van der Waals surface area contributed by atoms with Crippen molar-refractivity contribution in [2.75, 3.05) is 0 Å². The zero-order valence-electron chi connectivity index (χ0n) is 9.14. The van der Waals surface area contributed by atoms with Crippen molar-refractivity contribution < 1.29 is 14.3 Å². The molecule has 0 radical (unpaired) electrons. The topological polar surface area (TPSA) is 99.5 Å². The van der Waals surface area contributed by atoms with E-state index in [9.17, 15) is 9.18 Å². The van der Waals surface area contributed by atoms with E-state index in [4.69, 9.17) is 16.2 Å². The number of halogens is 1. The summed E-state index contributed by atoms with van der Waals surface area (Å²) in [5.41, 5.74) is 5.29. The minimum absolute atomic E-state index is 0.352. The third-order valence-corrected chi connectivity index (χ3v) is 2.16. The van der Waals surface area contributed by atoms with Crippen LogP contribution in [0.3, 0.4) is 0 Å². The Hall–Kier alpha value is -2.24. The highest BCUT2D eigenvalue weighted by Gasteiger charge is 2.13. The predicted octanol–water partition coefficient (Wildman–Crippen LogP) is 1.35. The lowest BCUT2D eigenvalue weighted by Crippen LogP contribution is -2.30. The molecule has 0 spiro atoms. The average molecular weight is 237 g/mol. The van der Waals surface area contributed by atoms with Gasteiger partial charge in [-0.2, -0.15) is 0 Å². The largest absolute Gasteiger partial charge is 0.476 e. The molecule has 6 heteroatoms. The molecule has 0 amide bonds. The highest BCUT2D eigenvalue weighted by atomic mass is 19.1. The molecule has 0 saturated carbocycles. The van der Waals surface area contributed by atoms with Crippen LogP contribution in [0.15, 0.2) is 29.3 Å². The molecule has 0 aliphatic carbocycles. The normalized spacial score (nSPS) is 13.2. The molecule has 17 heavy (non-hydrogen) atoms. The fraction of sp³-hybridized carbons (Fsp3) is 0.182. The molecule has 1 aromatic carbocycles. The van der Waals surface area contributed by atoms with E-state index in [1.807, 2.05) is 0 Å². The van der Waals surface area contributed by atoms with Gasteiger partial charge in [-0.1, -0.05) is 12.1 Å². The monoisotopic (exact) mass is 237 g/mol. The van der Waals surface area contributed by atoms with E-state index in [2.05, 4.69) is 4.99 Å². The second-order valence-corrected chi connectivity index (χ2v) is 3.42. The first-order valence-electron chi connectivity index (χ1n) is 4.82. The number of nitrogens with one attached hydrogen (secondary N) is 1. The molecule has 1 atom stereocenters. The van der Waals surface area contributed by atoms with Gasteiger partial charge in [0.05, 0.1) is 6.04 Å². The van der Waals surface area contributed by atoms with Crippen LogP contribution in [0.25, 0.3) is 0 Å². The van der Waals surface area contributed by atoms with Gasteiger partial charge in [-0.05, 0) is 24.6 Å². The summed E-state index contributed by atoms with van der Waals surface area (Å²) >= 11 is 0. The first kappa shape index (κ1) is 12.8. The molecule has 0 saturated heterocycles. The predicted molar refractivity (Wildman–Crippen MR) is 61.8 cm³/mol. The van der Waals surface area contributed by atoms with Crippen molar-refractivity contribution in [3.8, 4) is 0 Å². The highest BCUT2D eigenvalue weighted by molar-refractivity contribution is 6.63. The zero-order chi connectivity index (χ0) is 13.0. The summed E-state index contributed by atoms with van der Waals surface area (Å²) in [7, 11) is 0. The summed E-state index contributed by atoms with van der Waals surface area (Å²) in [5, 5.41) is 15.7. The Labute approximate surface area is 97.3 Å². The molecular formula is C11H12FN3O2. The van der Waals surface area contributed by atoms with Gasteiger partial charge < -0.3 is 10.8 Å². The van der Waals surface area contributed by atoms with Crippen LogP contribution in [-0.2, 0) is 4.79 Å². The number of aliphatic imine (C=N–C) groups is 1. The standard InChI is InChI=1S/C11H12FN3O2/c1-6(7-2-4-8(12)5-3-7)15-10(14)9(13)11(16)17/h2-6,13H,1H3,(H2,14,15)(H,16,17). The van der Waals surface area contributed by atoms with Gasteiger partial charge in [0.15, 0.2) is 11.5 Å². The molecule has 0 fully saturated rings. The Bertz CT molecular complexity index is 468. The Morgan fingerprint density at radius 2 is 2.00 bits per heavy atom. The fourth-order valence-corrected chi connectivity index (χ4v) is 1.20. The number of amidine groups is 1. The zero-order valence-corrected chi connectivity index (χ0v) is 9.14. The number of nitrogens with zero attached hydrogens (tertiary/aromatic N) is 1. The van der Waals surface area contributed by atoms with Crippen molar-refractivity contribution in [1.29, 1.82) is 5.41 Å². The van der Waals surface area contributed by atoms with Crippen LogP contribution in [0.1, 0.15) is 18.5 Å². The lowest BCUT2D eigenvalue weighted by molar-refractivity contribution is -0.129. The van der Waals surface area contributed by atoms with Crippen LogP contribution < -0.4 is 5.73 Å². The molecule has 0 bridgehead atoms. The maximum Gasteiger partial charge on any atom is 0.357 e. The first-order valence-corrected chi connectivity index (χ1v) is 4.82. The molecule has 0 aliphatic heterocycles. The first-order chi connectivity index (χ1) is 7.91. The van der Waals surface area contributed by atoms with E-state index in [1.165, 1.54) is 24.3 Å². The molecule has 5 nitrogen and oxygen atoms in total. The van der Waals surface area contributed by atoms with Gasteiger partial charge in [0.25, 0.3) is 0 Å². The Morgan fingerprint density at radius 1 is 1.47 bits per heavy atom. The summed E-state index contributed by atoms with van der Waals surface area (Å²) in [4.78, 5) is 14.3. The second kappa shape index (κ2) is 5.20. The van der Waals surface area contributed by atoms with E-state index in [-0.39, 0.29) is 11.7 Å². The quantitative estimate of drug-likeness (QED) is 0.544. The molecule has 90 valence electrons. The molecule has 0 aromatic heterocycles. The van der Waals surface area contributed by atoms with Gasteiger partial charge in [-0.3, -0.25) is 10.4 Å². The molecule has 0 heterocycles. The van der Waals surface area contributed by atoms with Crippen LogP contribution in [0.4, 0.5) is 4.39 Å². The van der Waals surface area contributed by atoms with Gasteiger partial charge in [0, 0.05) is 0 Å². The smallest absolute Gasteiger partial charge is 0.357 e. The molecule has 1 rings (SSSR count). The van der Waals surface area contributed by atoms with Crippen molar-refractivity contribution in [2.24, 2.45) is 10.7 Å². The number of benzene rings is 1. The number of rotatable bonds is 4. The maximum atomic E-state index is 12.7. The number of aliphatic carboxylic acids is 1. The van der Waals surface area contributed by atoms with E-state index in [0.29, 0.717) is 5.56 Å².